The fourth-order valence-electron chi connectivity index (χ4n) is 7.29. The second-order valence-corrected chi connectivity index (χ2v) is 13.7. The zero-order chi connectivity index (χ0) is 22.6. The number of carbonyl (C=O) groups excluding carboxylic acids is 2. The monoisotopic (exact) mass is 450 g/mol. The Kier molecular flexibility index (Phi) is 4.30. The third-order valence-electron chi connectivity index (χ3n) is 8.91. The minimum atomic E-state index is -3.67. The molecule has 2 saturated heterocycles. The number of hydrogen-bond donors (Lipinski definition) is 0. The molecule has 3 heterocycles. The van der Waals surface area contributed by atoms with Crippen LogP contribution in [0.2, 0.25) is 0 Å². The van der Waals surface area contributed by atoms with Crippen molar-refractivity contribution in [1.82, 2.24) is 9.21 Å². The first-order chi connectivity index (χ1) is 14.3. The number of nitrogens with zero attached hydrogens (tertiary/aromatic N) is 2. The zero-order valence-electron chi connectivity index (χ0n) is 19.1. The highest BCUT2D eigenvalue weighted by Crippen LogP contribution is 2.70. The van der Waals surface area contributed by atoms with Crippen molar-refractivity contribution in [3.8, 4) is 0 Å². The van der Waals surface area contributed by atoms with E-state index >= 15 is 0 Å². The molecule has 1 spiro atoms. The zero-order valence-corrected chi connectivity index (χ0v) is 19.9. The summed E-state index contributed by atoms with van der Waals surface area (Å²) in [5.74, 6) is -0.278. The highest BCUT2D eigenvalue weighted by molar-refractivity contribution is 7.90. The van der Waals surface area contributed by atoms with Gasteiger partial charge in [-0.15, -0.1) is 0 Å². The Morgan fingerprint density at radius 2 is 1.84 bits per heavy atom. The maximum atomic E-state index is 13.8. The molecule has 172 valence electrons. The van der Waals surface area contributed by atoms with Crippen molar-refractivity contribution >= 4 is 22.0 Å². The molecular weight excluding hydrogens is 416 g/mol. The summed E-state index contributed by atoms with van der Waals surface area (Å²) in [4.78, 5) is 28.3. The Bertz CT molecular complexity index is 965. The van der Waals surface area contributed by atoms with Crippen molar-refractivity contribution in [2.24, 2.45) is 28.6 Å². The molecule has 31 heavy (non-hydrogen) atoms. The molecule has 3 aliphatic carbocycles. The maximum Gasteiger partial charge on any atom is 0.410 e. The van der Waals surface area contributed by atoms with Crippen LogP contribution in [-0.4, -0.2) is 59.6 Å². The number of rotatable bonds is 1. The molecule has 0 unspecified atom stereocenters. The van der Waals surface area contributed by atoms with Crippen molar-refractivity contribution in [2.75, 3.05) is 12.3 Å². The summed E-state index contributed by atoms with van der Waals surface area (Å²) in [6, 6.07) is -0.691. The van der Waals surface area contributed by atoms with Gasteiger partial charge >= 0.3 is 6.09 Å². The smallest absolute Gasteiger partial charge is 0.410 e. The van der Waals surface area contributed by atoms with E-state index in [0.29, 0.717) is 18.9 Å². The van der Waals surface area contributed by atoms with Crippen LogP contribution < -0.4 is 0 Å². The summed E-state index contributed by atoms with van der Waals surface area (Å²) in [6.07, 6.45) is 6.78. The molecule has 0 N–H and O–H groups in total. The van der Waals surface area contributed by atoms with Crippen LogP contribution in [0, 0.1) is 28.6 Å². The Morgan fingerprint density at radius 3 is 2.45 bits per heavy atom. The van der Waals surface area contributed by atoms with Crippen molar-refractivity contribution < 1.29 is 22.7 Å². The van der Waals surface area contributed by atoms with Gasteiger partial charge in [-0.2, -0.15) is 0 Å². The summed E-state index contributed by atoms with van der Waals surface area (Å²) < 4.78 is 33.5. The van der Waals surface area contributed by atoms with E-state index in [4.69, 9.17) is 4.74 Å². The molecule has 2 saturated carbocycles. The number of piperidine rings is 1. The number of amides is 2. The molecule has 6 aliphatic rings. The Morgan fingerprint density at radius 1 is 1.13 bits per heavy atom. The number of fused-ring (bicyclic) bond motifs is 3. The lowest BCUT2D eigenvalue weighted by molar-refractivity contribution is -0.137. The van der Waals surface area contributed by atoms with E-state index in [1.807, 2.05) is 26.8 Å². The van der Waals surface area contributed by atoms with E-state index in [1.54, 1.807) is 4.90 Å². The Hall–Kier alpha value is -1.57. The minimum Gasteiger partial charge on any atom is -0.444 e. The molecule has 2 amide bonds. The van der Waals surface area contributed by atoms with Crippen LogP contribution >= 0.6 is 0 Å². The Balaban J connectivity index is 1.44. The minimum absolute atomic E-state index is 0.0437. The second-order valence-electron chi connectivity index (χ2n) is 11.9. The standard InChI is InChI=1S/C23H34N2O5S/c1-21(2,3)30-20(27)24-12-14-6-7-17(24)16(10-14)19(26)25-18-11-15-8-9-23(18,22(15,4)5)13-31(25,28)29/h6-7,14-18H,8-13H2,1-5H3/t14-,15+,16+,17+,18+,23+/m0/s1. The molecule has 0 aromatic carbocycles. The van der Waals surface area contributed by atoms with Crippen LogP contribution in [0.25, 0.3) is 0 Å². The summed E-state index contributed by atoms with van der Waals surface area (Å²) in [5.41, 5.74) is -1.04. The molecular formula is C23H34N2O5S. The maximum absolute atomic E-state index is 13.8. The lowest BCUT2D eigenvalue weighted by atomic mass is 9.69. The van der Waals surface area contributed by atoms with E-state index in [-0.39, 0.29) is 34.4 Å². The van der Waals surface area contributed by atoms with Gasteiger partial charge in [-0.25, -0.2) is 17.5 Å². The van der Waals surface area contributed by atoms with Gasteiger partial charge in [-0.1, -0.05) is 26.0 Å². The molecule has 8 heteroatoms. The predicted octanol–water partition coefficient (Wildman–Crippen LogP) is 3.16. The van der Waals surface area contributed by atoms with E-state index in [9.17, 15) is 18.0 Å². The van der Waals surface area contributed by atoms with Crippen LogP contribution in [-0.2, 0) is 19.6 Å². The molecule has 6 atom stereocenters. The van der Waals surface area contributed by atoms with E-state index < -0.39 is 33.7 Å². The molecule has 4 fully saturated rings. The van der Waals surface area contributed by atoms with E-state index in [0.717, 1.165) is 19.3 Å². The van der Waals surface area contributed by atoms with Gasteiger partial charge in [-0.3, -0.25) is 4.79 Å². The van der Waals surface area contributed by atoms with Crippen molar-refractivity contribution in [2.45, 2.75) is 78.0 Å². The van der Waals surface area contributed by atoms with Crippen LogP contribution in [0.3, 0.4) is 0 Å². The molecule has 0 aromatic rings. The van der Waals surface area contributed by atoms with Gasteiger partial charge < -0.3 is 9.64 Å². The topological polar surface area (TPSA) is 84.0 Å². The third kappa shape index (κ3) is 2.85. The first-order valence-corrected chi connectivity index (χ1v) is 13.1. The molecule has 7 nitrogen and oxygen atoms in total. The summed E-state index contributed by atoms with van der Waals surface area (Å²) in [7, 11) is -3.67. The number of carbonyl (C=O) groups is 2. The van der Waals surface area contributed by atoms with Crippen molar-refractivity contribution in [3.05, 3.63) is 12.2 Å². The first kappa shape index (κ1) is 21.3. The molecule has 0 aromatic heterocycles. The van der Waals surface area contributed by atoms with Gasteiger partial charge in [0, 0.05) is 12.0 Å². The average molecular weight is 451 g/mol. The molecule has 0 radical (unpaired) electrons. The summed E-state index contributed by atoms with van der Waals surface area (Å²) >= 11 is 0. The van der Waals surface area contributed by atoms with Crippen LogP contribution in [0.15, 0.2) is 12.2 Å². The number of sulfonamides is 1. The summed E-state index contributed by atoms with van der Waals surface area (Å²) in [6.45, 7) is 10.3. The van der Waals surface area contributed by atoms with Gasteiger partial charge in [0.25, 0.3) is 0 Å². The third-order valence-corrected chi connectivity index (χ3v) is 10.8. The quantitative estimate of drug-likeness (QED) is 0.573. The highest BCUT2D eigenvalue weighted by atomic mass is 32.2. The van der Waals surface area contributed by atoms with Gasteiger partial charge in [0.2, 0.25) is 15.9 Å². The average Bonchev–Trinajstić information content (AvgIpc) is 3.14. The number of ether oxygens (including phenoxy) is 1. The van der Waals surface area contributed by atoms with Gasteiger partial charge in [0.05, 0.1) is 23.8 Å². The molecule has 4 bridgehead atoms. The van der Waals surface area contributed by atoms with Gasteiger partial charge in [0.15, 0.2) is 0 Å². The van der Waals surface area contributed by atoms with Gasteiger partial charge in [-0.05, 0) is 63.7 Å². The molecule has 3 aliphatic heterocycles. The van der Waals surface area contributed by atoms with Gasteiger partial charge in [0.1, 0.15) is 5.60 Å². The van der Waals surface area contributed by atoms with E-state index in [2.05, 4.69) is 19.9 Å². The van der Waals surface area contributed by atoms with Crippen molar-refractivity contribution in [3.63, 3.8) is 0 Å². The fourth-order valence-corrected chi connectivity index (χ4v) is 9.87. The predicted molar refractivity (Wildman–Crippen MR) is 115 cm³/mol. The molecule has 6 rings (SSSR count). The lowest BCUT2D eigenvalue weighted by Gasteiger charge is -2.46. The first-order valence-electron chi connectivity index (χ1n) is 11.5. The largest absolute Gasteiger partial charge is 0.444 e. The van der Waals surface area contributed by atoms with Crippen LogP contribution in [0.5, 0.6) is 0 Å². The normalized spacial score (nSPS) is 41.5. The van der Waals surface area contributed by atoms with Crippen LogP contribution in [0.4, 0.5) is 4.79 Å². The number of hydrogen-bond acceptors (Lipinski definition) is 5. The highest BCUT2D eigenvalue weighted by Gasteiger charge is 2.72. The SMILES string of the molecule is CC(C)(C)OC(=O)N1C[C@H]2C=C[C@@H]1[C@H](C(=O)N1[C@@H]3C[C@H]4CC[C@]3(CS1(=O)=O)C4(C)C)C2. The lowest BCUT2D eigenvalue weighted by Crippen LogP contribution is -2.59. The summed E-state index contributed by atoms with van der Waals surface area (Å²) in [5, 5.41) is 0. The Labute approximate surface area is 185 Å². The van der Waals surface area contributed by atoms with Crippen molar-refractivity contribution in [1.29, 1.82) is 0 Å². The second kappa shape index (κ2) is 6.27. The van der Waals surface area contributed by atoms with E-state index in [1.165, 1.54) is 4.31 Å². The van der Waals surface area contributed by atoms with Crippen LogP contribution in [0.1, 0.15) is 60.3 Å². The fraction of sp³-hybridized carbons (Fsp3) is 0.826.